The van der Waals surface area contributed by atoms with Crippen molar-refractivity contribution in [3.63, 3.8) is 0 Å². The third-order valence-electron chi connectivity index (χ3n) is 3.90. The van der Waals surface area contributed by atoms with Crippen LogP contribution in [0.25, 0.3) is 22.4 Å². The number of alkyl halides is 2. The van der Waals surface area contributed by atoms with Crippen molar-refractivity contribution in [1.82, 2.24) is 25.3 Å². The average Bonchev–Trinajstić information content (AvgIpc) is 3.04. The highest BCUT2D eigenvalue weighted by molar-refractivity contribution is 6.31. The average molecular weight is 413 g/mol. The molecule has 28 heavy (non-hydrogen) atoms. The minimum absolute atomic E-state index is 0.169. The van der Waals surface area contributed by atoms with E-state index in [0.717, 1.165) is 6.20 Å². The number of hydrogen-bond acceptors (Lipinski definition) is 5. The Bertz CT molecular complexity index is 1020. The smallest absolute Gasteiger partial charge is 0.255 e. The highest BCUT2D eigenvalue weighted by Gasteiger charge is 2.29. The van der Waals surface area contributed by atoms with Crippen LogP contribution in [0.15, 0.2) is 24.7 Å². The number of fused-ring (bicyclic) bond motifs is 1. The monoisotopic (exact) mass is 412 g/mol. The number of rotatable bonds is 6. The SMILES string of the molecule is CC(C)(Nc1nc(-c2c[nH]c3ncc(Cl)cc23)ncc1F)C(=O)NCC(F)F. The van der Waals surface area contributed by atoms with Crippen molar-refractivity contribution in [3.8, 4) is 11.4 Å². The number of pyridine rings is 1. The quantitative estimate of drug-likeness (QED) is 0.577. The van der Waals surface area contributed by atoms with Crippen molar-refractivity contribution in [2.45, 2.75) is 25.8 Å². The van der Waals surface area contributed by atoms with Crippen LogP contribution < -0.4 is 10.6 Å². The summed E-state index contributed by atoms with van der Waals surface area (Å²) in [6.07, 6.45) is 1.34. The van der Waals surface area contributed by atoms with Gasteiger partial charge in [0, 0.05) is 23.3 Å². The molecule has 0 unspecified atom stereocenters. The molecular formula is C17H16ClF3N6O. The number of carbonyl (C=O) groups is 1. The van der Waals surface area contributed by atoms with E-state index >= 15 is 0 Å². The molecule has 3 aromatic rings. The fourth-order valence-electron chi connectivity index (χ4n) is 2.49. The van der Waals surface area contributed by atoms with Gasteiger partial charge < -0.3 is 15.6 Å². The van der Waals surface area contributed by atoms with E-state index < -0.39 is 30.2 Å². The maximum absolute atomic E-state index is 14.2. The molecule has 0 aromatic carbocycles. The standard InChI is InChI=1S/C17H16ClF3N6O/c1-17(2,16(28)25-7-12(20)21)27-15-11(19)6-24-14(26-15)10-5-23-13-9(10)3-8(18)4-22-13/h3-6,12H,7H2,1-2H3,(H,22,23)(H,25,28)(H,24,26,27). The molecule has 0 fully saturated rings. The molecule has 0 aliphatic heterocycles. The normalized spacial score (nSPS) is 11.8. The first kappa shape index (κ1) is 19.9. The Hall–Kier alpha value is -2.88. The first-order chi connectivity index (χ1) is 13.2. The van der Waals surface area contributed by atoms with Gasteiger partial charge in [0.05, 0.1) is 17.8 Å². The van der Waals surface area contributed by atoms with Crippen molar-refractivity contribution in [2.75, 3.05) is 11.9 Å². The number of nitrogens with zero attached hydrogens (tertiary/aromatic N) is 3. The second kappa shape index (κ2) is 7.63. The van der Waals surface area contributed by atoms with Gasteiger partial charge in [0.1, 0.15) is 11.2 Å². The van der Waals surface area contributed by atoms with E-state index in [1.54, 1.807) is 12.3 Å². The zero-order valence-corrected chi connectivity index (χ0v) is 15.6. The number of H-pyrrole nitrogens is 1. The van der Waals surface area contributed by atoms with E-state index in [9.17, 15) is 18.0 Å². The molecule has 0 bridgehead atoms. The molecule has 3 heterocycles. The summed E-state index contributed by atoms with van der Waals surface area (Å²) in [6.45, 7) is 2.04. The van der Waals surface area contributed by atoms with Crippen LogP contribution in [-0.4, -0.2) is 44.4 Å². The van der Waals surface area contributed by atoms with Crippen molar-refractivity contribution in [3.05, 3.63) is 35.5 Å². The Labute approximate surface area is 162 Å². The van der Waals surface area contributed by atoms with Crippen molar-refractivity contribution in [2.24, 2.45) is 0 Å². The molecule has 0 atom stereocenters. The van der Waals surface area contributed by atoms with Crippen LogP contribution in [0.2, 0.25) is 5.02 Å². The molecule has 0 saturated heterocycles. The third-order valence-corrected chi connectivity index (χ3v) is 4.10. The van der Waals surface area contributed by atoms with Gasteiger partial charge >= 0.3 is 0 Å². The van der Waals surface area contributed by atoms with Crippen LogP contribution in [0.1, 0.15) is 13.8 Å². The highest BCUT2D eigenvalue weighted by Crippen LogP contribution is 2.28. The van der Waals surface area contributed by atoms with Gasteiger partial charge in [0.25, 0.3) is 6.43 Å². The number of aromatic nitrogens is 4. The first-order valence-corrected chi connectivity index (χ1v) is 8.55. The number of aromatic amines is 1. The molecule has 0 saturated carbocycles. The molecule has 0 aliphatic rings. The lowest BCUT2D eigenvalue weighted by Gasteiger charge is -2.26. The van der Waals surface area contributed by atoms with Gasteiger partial charge in [0.15, 0.2) is 17.5 Å². The Kier molecular flexibility index (Phi) is 5.41. The summed E-state index contributed by atoms with van der Waals surface area (Å²) >= 11 is 5.98. The number of hydrogen-bond donors (Lipinski definition) is 3. The number of halogens is 4. The highest BCUT2D eigenvalue weighted by atomic mass is 35.5. The Balaban J connectivity index is 1.91. The van der Waals surface area contributed by atoms with E-state index in [1.807, 2.05) is 0 Å². The molecule has 3 N–H and O–H groups in total. The Morgan fingerprint density at radius 1 is 1.32 bits per heavy atom. The van der Waals surface area contributed by atoms with E-state index in [1.165, 1.54) is 20.0 Å². The molecule has 11 heteroatoms. The van der Waals surface area contributed by atoms with Gasteiger partial charge in [-0.1, -0.05) is 11.6 Å². The second-order valence-corrected chi connectivity index (χ2v) is 6.93. The van der Waals surface area contributed by atoms with Crippen molar-refractivity contribution < 1.29 is 18.0 Å². The Morgan fingerprint density at radius 2 is 2.07 bits per heavy atom. The molecule has 148 valence electrons. The summed E-state index contributed by atoms with van der Waals surface area (Å²) in [5.41, 5.74) is -0.312. The van der Waals surface area contributed by atoms with Gasteiger partial charge in [-0.2, -0.15) is 0 Å². The zero-order chi connectivity index (χ0) is 20.5. The molecule has 7 nitrogen and oxygen atoms in total. The zero-order valence-electron chi connectivity index (χ0n) is 14.9. The summed E-state index contributed by atoms with van der Waals surface area (Å²) in [6, 6.07) is 1.66. The van der Waals surface area contributed by atoms with Crippen molar-refractivity contribution in [1.29, 1.82) is 0 Å². The Morgan fingerprint density at radius 3 is 2.79 bits per heavy atom. The second-order valence-electron chi connectivity index (χ2n) is 6.49. The van der Waals surface area contributed by atoms with Crippen LogP contribution in [0.3, 0.4) is 0 Å². The largest absolute Gasteiger partial charge is 0.354 e. The molecular weight excluding hydrogens is 397 g/mol. The predicted octanol–water partition coefficient (Wildman–Crippen LogP) is 3.38. The fourth-order valence-corrected chi connectivity index (χ4v) is 2.65. The first-order valence-electron chi connectivity index (χ1n) is 8.17. The maximum Gasteiger partial charge on any atom is 0.255 e. The number of anilines is 1. The minimum atomic E-state index is -2.69. The van der Waals surface area contributed by atoms with Crippen LogP contribution in [-0.2, 0) is 4.79 Å². The summed E-state index contributed by atoms with van der Waals surface area (Å²) < 4.78 is 38.8. The number of nitrogens with one attached hydrogen (secondary N) is 3. The van der Waals surface area contributed by atoms with E-state index in [4.69, 9.17) is 11.6 Å². The molecule has 1 amide bonds. The van der Waals surface area contributed by atoms with Gasteiger partial charge in [-0.3, -0.25) is 4.79 Å². The molecule has 0 aliphatic carbocycles. The topological polar surface area (TPSA) is 95.6 Å². The van der Waals surface area contributed by atoms with Crippen LogP contribution >= 0.6 is 11.6 Å². The molecule has 0 spiro atoms. The minimum Gasteiger partial charge on any atom is -0.354 e. The molecule has 0 radical (unpaired) electrons. The number of amides is 1. The van der Waals surface area contributed by atoms with E-state index in [-0.39, 0.29) is 11.6 Å². The van der Waals surface area contributed by atoms with Crippen LogP contribution in [0.5, 0.6) is 0 Å². The van der Waals surface area contributed by atoms with Gasteiger partial charge in [-0.25, -0.2) is 28.1 Å². The molecule has 3 aromatic heterocycles. The summed E-state index contributed by atoms with van der Waals surface area (Å²) in [4.78, 5) is 27.3. The summed E-state index contributed by atoms with van der Waals surface area (Å²) in [7, 11) is 0. The van der Waals surface area contributed by atoms with Gasteiger partial charge in [0.2, 0.25) is 5.91 Å². The number of carbonyl (C=O) groups excluding carboxylic acids is 1. The lowest BCUT2D eigenvalue weighted by Crippen LogP contribution is -2.49. The van der Waals surface area contributed by atoms with Crippen LogP contribution in [0.4, 0.5) is 19.0 Å². The lowest BCUT2D eigenvalue weighted by atomic mass is 10.0. The third kappa shape index (κ3) is 4.16. The predicted molar refractivity (Wildman–Crippen MR) is 98.8 cm³/mol. The summed E-state index contributed by atoms with van der Waals surface area (Å²) in [5, 5.41) is 5.77. The fraction of sp³-hybridized carbons (Fsp3) is 0.294. The molecule has 3 rings (SSSR count). The van der Waals surface area contributed by atoms with E-state index in [2.05, 4.69) is 30.6 Å². The maximum atomic E-state index is 14.2. The summed E-state index contributed by atoms with van der Waals surface area (Å²) in [5.74, 6) is -1.60. The lowest BCUT2D eigenvalue weighted by molar-refractivity contribution is -0.125. The van der Waals surface area contributed by atoms with E-state index in [0.29, 0.717) is 21.6 Å². The van der Waals surface area contributed by atoms with Crippen LogP contribution in [0, 0.1) is 5.82 Å². The van der Waals surface area contributed by atoms with Gasteiger partial charge in [-0.05, 0) is 19.9 Å². The van der Waals surface area contributed by atoms with Crippen molar-refractivity contribution >= 4 is 34.4 Å². The van der Waals surface area contributed by atoms with Gasteiger partial charge in [-0.15, -0.1) is 0 Å².